The molecule has 0 fully saturated rings. The molecule has 1 heterocycles. The molecule has 2 rings (SSSR count). The van der Waals surface area contributed by atoms with Gasteiger partial charge in [0.1, 0.15) is 5.01 Å². The molecule has 1 N–H and O–H groups in total. The first-order valence-corrected chi connectivity index (χ1v) is 6.10. The van der Waals surface area contributed by atoms with Gasteiger partial charge in [-0.15, -0.1) is 10.2 Å². The molecule has 16 heavy (non-hydrogen) atoms. The maximum absolute atomic E-state index is 4.07. The van der Waals surface area contributed by atoms with Crippen molar-refractivity contribution in [1.82, 2.24) is 10.2 Å². The Hall–Kier alpha value is -1.42. The highest BCUT2D eigenvalue weighted by Crippen LogP contribution is 2.23. The Morgan fingerprint density at radius 2 is 1.94 bits per heavy atom. The highest BCUT2D eigenvalue weighted by atomic mass is 32.1. The molecule has 1 aromatic heterocycles. The van der Waals surface area contributed by atoms with E-state index < -0.39 is 0 Å². The summed E-state index contributed by atoms with van der Waals surface area (Å²) < 4.78 is 0. The van der Waals surface area contributed by atoms with Crippen LogP contribution in [0.25, 0.3) is 0 Å². The molecule has 0 aliphatic heterocycles. The van der Waals surface area contributed by atoms with Gasteiger partial charge in [0.15, 0.2) is 0 Å². The van der Waals surface area contributed by atoms with Crippen molar-refractivity contribution in [2.75, 3.05) is 5.32 Å². The van der Waals surface area contributed by atoms with E-state index in [-0.39, 0.29) is 6.04 Å². The van der Waals surface area contributed by atoms with Crippen molar-refractivity contribution in [2.24, 2.45) is 0 Å². The zero-order chi connectivity index (χ0) is 11.5. The Labute approximate surface area is 99.5 Å². The molecule has 0 saturated heterocycles. The van der Waals surface area contributed by atoms with Crippen LogP contribution in [-0.2, 0) is 0 Å². The highest BCUT2D eigenvalue weighted by molar-refractivity contribution is 7.15. The van der Waals surface area contributed by atoms with E-state index in [1.807, 2.05) is 6.92 Å². The van der Waals surface area contributed by atoms with Crippen LogP contribution < -0.4 is 5.32 Å². The van der Waals surface area contributed by atoms with Gasteiger partial charge in [0.2, 0.25) is 5.13 Å². The van der Waals surface area contributed by atoms with Crippen LogP contribution in [0.3, 0.4) is 0 Å². The van der Waals surface area contributed by atoms with E-state index in [1.165, 1.54) is 11.1 Å². The minimum atomic E-state index is 0.258. The Bertz CT molecular complexity index is 479. The number of hydrogen-bond donors (Lipinski definition) is 1. The van der Waals surface area contributed by atoms with E-state index in [4.69, 9.17) is 0 Å². The Balaban J connectivity index is 2.14. The van der Waals surface area contributed by atoms with E-state index in [9.17, 15) is 0 Å². The average molecular weight is 233 g/mol. The lowest BCUT2D eigenvalue weighted by molar-refractivity contribution is 0.863. The van der Waals surface area contributed by atoms with Crippen molar-refractivity contribution < 1.29 is 0 Å². The Kier molecular flexibility index (Phi) is 3.19. The van der Waals surface area contributed by atoms with Gasteiger partial charge >= 0.3 is 0 Å². The number of aryl methyl sites for hydroxylation is 2. The molecule has 1 aromatic carbocycles. The molecule has 0 radical (unpaired) electrons. The van der Waals surface area contributed by atoms with Gasteiger partial charge in [0.25, 0.3) is 0 Å². The van der Waals surface area contributed by atoms with Gasteiger partial charge in [-0.3, -0.25) is 0 Å². The van der Waals surface area contributed by atoms with Crippen molar-refractivity contribution in [3.63, 3.8) is 0 Å². The number of aromatic nitrogens is 2. The zero-order valence-electron chi connectivity index (χ0n) is 9.69. The molecule has 84 valence electrons. The lowest BCUT2D eigenvalue weighted by Gasteiger charge is -2.15. The second kappa shape index (κ2) is 4.61. The third-order valence-electron chi connectivity index (χ3n) is 2.52. The van der Waals surface area contributed by atoms with Crippen molar-refractivity contribution in [3.8, 4) is 0 Å². The predicted molar refractivity (Wildman–Crippen MR) is 67.9 cm³/mol. The maximum Gasteiger partial charge on any atom is 0.206 e. The molecule has 2 aromatic rings. The van der Waals surface area contributed by atoms with Crippen LogP contribution in [0.1, 0.15) is 29.1 Å². The average Bonchev–Trinajstić information content (AvgIpc) is 2.64. The molecule has 4 heteroatoms. The van der Waals surface area contributed by atoms with E-state index in [0.29, 0.717) is 0 Å². The molecule has 0 spiro atoms. The largest absolute Gasteiger partial charge is 0.354 e. The molecular formula is C12H15N3S. The standard InChI is InChI=1S/C12H15N3S/c1-8-6-4-5-7-11(8)9(2)13-12-15-14-10(3)16-12/h4-7,9H,1-3H3,(H,13,15). The minimum Gasteiger partial charge on any atom is -0.354 e. The van der Waals surface area contributed by atoms with Gasteiger partial charge in [-0.1, -0.05) is 35.6 Å². The summed E-state index contributed by atoms with van der Waals surface area (Å²) in [5.74, 6) is 0. The summed E-state index contributed by atoms with van der Waals surface area (Å²) in [6.45, 7) is 6.22. The van der Waals surface area contributed by atoms with Gasteiger partial charge in [0.05, 0.1) is 6.04 Å². The molecule has 0 amide bonds. The molecular weight excluding hydrogens is 218 g/mol. The quantitative estimate of drug-likeness (QED) is 0.883. The number of benzene rings is 1. The monoisotopic (exact) mass is 233 g/mol. The fraction of sp³-hybridized carbons (Fsp3) is 0.333. The summed E-state index contributed by atoms with van der Waals surface area (Å²) in [6, 6.07) is 8.64. The van der Waals surface area contributed by atoms with Crippen molar-refractivity contribution in [2.45, 2.75) is 26.8 Å². The fourth-order valence-corrected chi connectivity index (χ4v) is 2.37. The topological polar surface area (TPSA) is 37.8 Å². The number of nitrogens with one attached hydrogen (secondary N) is 1. The zero-order valence-corrected chi connectivity index (χ0v) is 10.5. The number of hydrogen-bond acceptors (Lipinski definition) is 4. The van der Waals surface area contributed by atoms with E-state index >= 15 is 0 Å². The number of rotatable bonds is 3. The smallest absolute Gasteiger partial charge is 0.206 e. The van der Waals surface area contributed by atoms with Crippen LogP contribution in [0.15, 0.2) is 24.3 Å². The van der Waals surface area contributed by atoms with Crippen LogP contribution in [0.4, 0.5) is 5.13 Å². The van der Waals surface area contributed by atoms with Crippen LogP contribution in [0.2, 0.25) is 0 Å². The highest BCUT2D eigenvalue weighted by Gasteiger charge is 2.09. The van der Waals surface area contributed by atoms with Gasteiger partial charge in [0, 0.05) is 0 Å². The summed E-state index contributed by atoms with van der Waals surface area (Å²) >= 11 is 1.58. The summed E-state index contributed by atoms with van der Waals surface area (Å²) in [5.41, 5.74) is 2.60. The second-order valence-corrected chi connectivity index (χ2v) is 5.03. The molecule has 1 unspecified atom stereocenters. The third-order valence-corrected chi connectivity index (χ3v) is 3.29. The van der Waals surface area contributed by atoms with Crippen molar-refractivity contribution in [1.29, 1.82) is 0 Å². The van der Waals surface area contributed by atoms with Gasteiger partial charge in [-0.25, -0.2) is 0 Å². The minimum absolute atomic E-state index is 0.258. The number of nitrogens with zero attached hydrogens (tertiary/aromatic N) is 2. The van der Waals surface area contributed by atoms with Crippen LogP contribution in [-0.4, -0.2) is 10.2 Å². The Morgan fingerprint density at radius 1 is 1.19 bits per heavy atom. The summed E-state index contributed by atoms with van der Waals surface area (Å²) in [6.07, 6.45) is 0. The molecule has 0 bridgehead atoms. The second-order valence-electron chi connectivity index (χ2n) is 3.85. The first kappa shape index (κ1) is 11.1. The normalized spacial score (nSPS) is 12.4. The van der Waals surface area contributed by atoms with Crippen LogP contribution in [0, 0.1) is 13.8 Å². The molecule has 0 aliphatic rings. The van der Waals surface area contributed by atoms with Crippen LogP contribution >= 0.6 is 11.3 Å². The van der Waals surface area contributed by atoms with Crippen molar-refractivity contribution >= 4 is 16.5 Å². The summed E-state index contributed by atoms with van der Waals surface area (Å²) in [5, 5.41) is 13.3. The lowest BCUT2D eigenvalue weighted by Crippen LogP contribution is -2.07. The first-order chi connectivity index (χ1) is 7.66. The predicted octanol–water partition coefficient (Wildman–Crippen LogP) is 3.33. The lowest BCUT2D eigenvalue weighted by atomic mass is 10.0. The summed E-state index contributed by atoms with van der Waals surface area (Å²) in [7, 11) is 0. The number of anilines is 1. The summed E-state index contributed by atoms with van der Waals surface area (Å²) in [4.78, 5) is 0. The molecule has 0 aliphatic carbocycles. The van der Waals surface area contributed by atoms with E-state index in [0.717, 1.165) is 10.1 Å². The third kappa shape index (κ3) is 2.39. The molecule has 3 nitrogen and oxygen atoms in total. The van der Waals surface area contributed by atoms with Gasteiger partial charge in [-0.05, 0) is 31.9 Å². The Morgan fingerprint density at radius 3 is 2.56 bits per heavy atom. The van der Waals surface area contributed by atoms with E-state index in [1.54, 1.807) is 11.3 Å². The maximum atomic E-state index is 4.07. The first-order valence-electron chi connectivity index (χ1n) is 5.29. The van der Waals surface area contributed by atoms with Crippen LogP contribution in [0.5, 0.6) is 0 Å². The molecule has 0 saturated carbocycles. The van der Waals surface area contributed by atoms with E-state index in [2.05, 4.69) is 53.6 Å². The van der Waals surface area contributed by atoms with Gasteiger partial charge in [-0.2, -0.15) is 0 Å². The molecule has 1 atom stereocenters. The van der Waals surface area contributed by atoms with Crippen molar-refractivity contribution in [3.05, 3.63) is 40.4 Å². The van der Waals surface area contributed by atoms with Gasteiger partial charge < -0.3 is 5.32 Å². The SMILES string of the molecule is Cc1nnc(NC(C)c2ccccc2C)s1. The fourth-order valence-electron chi connectivity index (χ4n) is 1.69.